The van der Waals surface area contributed by atoms with Gasteiger partial charge in [0.05, 0.1) is 5.69 Å². The van der Waals surface area contributed by atoms with Crippen LogP contribution in [0.3, 0.4) is 0 Å². The second kappa shape index (κ2) is 6.85. The van der Waals surface area contributed by atoms with E-state index >= 15 is 0 Å². The number of anilines is 1. The maximum absolute atomic E-state index is 4.25. The predicted octanol–water partition coefficient (Wildman–Crippen LogP) is 1.87. The number of hydrogen-bond acceptors (Lipinski definition) is 4. The fraction of sp³-hybridized carbons (Fsp3) is 0.333. The molecule has 0 aliphatic carbocycles. The molecule has 1 aromatic heterocycles. The van der Waals surface area contributed by atoms with E-state index < -0.39 is 0 Å². The van der Waals surface area contributed by atoms with Crippen LogP contribution in [0.25, 0.3) is 0 Å². The Kier molecular flexibility index (Phi) is 4.86. The number of likely N-dealkylation sites (N-methyl/N-ethyl adjacent to an activating group) is 1. The summed E-state index contributed by atoms with van der Waals surface area (Å²) in [5.74, 6) is 0.913. The van der Waals surface area contributed by atoms with Crippen LogP contribution in [0.5, 0.6) is 0 Å². The largest absolute Gasteiger partial charge is 0.358 e. The number of nitrogens with zero attached hydrogens (tertiary/aromatic N) is 3. The van der Waals surface area contributed by atoms with E-state index in [-0.39, 0.29) is 0 Å². The minimum Gasteiger partial charge on any atom is -0.358 e. The topological polar surface area (TPSA) is 41.0 Å². The standard InChI is InChI=1S/C15H20N4/c1-16-12-14-8-9-15(18-17-14)19(2)11-10-13-6-4-3-5-7-13/h3-9,16H,10-12H2,1-2H3. The van der Waals surface area contributed by atoms with Gasteiger partial charge < -0.3 is 10.2 Å². The van der Waals surface area contributed by atoms with E-state index in [1.807, 2.05) is 32.3 Å². The Labute approximate surface area is 114 Å². The lowest BCUT2D eigenvalue weighted by molar-refractivity contribution is 0.757. The highest BCUT2D eigenvalue weighted by atomic mass is 15.2. The van der Waals surface area contributed by atoms with E-state index in [4.69, 9.17) is 0 Å². The number of rotatable bonds is 6. The molecule has 0 aliphatic heterocycles. The number of aromatic nitrogens is 2. The highest BCUT2D eigenvalue weighted by Gasteiger charge is 2.03. The minimum atomic E-state index is 0.751. The molecular weight excluding hydrogens is 236 g/mol. The zero-order valence-electron chi connectivity index (χ0n) is 11.5. The van der Waals surface area contributed by atoms with Crippen LogP contribution in [0.1, 0.15) is 11.3 Å². The van der Waals surface area contributed by atoms with E-state index in [2.05, 4.69) is 44.7 Å². The predicted molar refractivity (Wildman–Crippen MR) is 78.2 cm³/mol. The third kappa shape index (κ3) is 4.03. The summed E-state index contributed by atoms with van der Waals surface area (Å²) >= 11 is 0. The van der Waals surface area contributed by atoms with Gasteiger partial charge in [0, 0.05) is 20.1 Å². The molecule has 0 saturated heterocycles. The van der Waals surface area contributed by atoms with Gasteiger partial charge in [-0.3, -0.25) is 0 Å². The van der Waals surface area contributed by atoms with E-state index in [1.54, 1.807) is 0 Å². The fourth-order valence-corrected chi connectivity index (χ4v) is 1.89. The quantitative estimate of drug-likeness (QED) is 0.856. The van der Waals surface area contributed by atoms with Gasteiger partial charge in [-0.15, -0.1) is 5.10 Å². The molecule has 2 aromatic rings. The van der Waals surface area contributed by atoms with Gasteiger partial charge >= 0.3 is 0 Å². The van der Waals surface area contributed by atoms with Gasteiger partial charge in [0.15, 0.2) is 5.82 Å². The summed E-state index contributed by atoms with van der Waals surface area (Å²) in [6, 6.07) is 14.5. The number of hydrogen-bond donors (Lipinski definition) is 1. The van der Waals surface area contributed by atoms with Crippen molar-refractivity contribution in [1.82, 2.24) is 15.5 Å². The van der Waals surface area contributed by atoms with E-state index in [0.29, 0.717) is 0 Å². The first-order chi connectivity index (χ1) is 9.29. The smallest absolute Gasteiger partial charge is 0.150 e. The lowest BCUT2D eigenvalue weighted by Crippen LogP contribution is -2.22. The average Bonchev–Trinajstić information content (AvgIpc) is 2.47. The molecule has 1 heterocycles. The van der Waals surface area contributed by atoms with Gasteiger partial charge in [0.2, 0.25) is 0 Å². The summed E-state index contributed by atoms with van der Waals surface area (Å²) in [6.45, 7) is 1.69. The monoisotopic (exact) mass is 256 g/mol. The molecule has 0 aliphatic rings. The van der Waals surface area contributed by atoms with Crippen LogP contribution in [0.2, 0.25) is 0 Å². The molecule has 4 heteroatoms. The van der Waals surface area contributed by atoms with Gasteiger partial charge in [-0.1, -0.05) is 30.3 Å². The van der Waals surface area contributed by atoms with Gasteiger partial charge in [-0.2, -0.15) is 5.10 Å². The molecule has 0 saturated carbocycles. The second-order valence-corrected chi connectivity index (χ2v) is 4.57. The first-order valence-corrected chi connectivity index (χ1v) is 6.52. The molecule has 0 amide bonds. The highest BCUT2D eigenvalue weighted by Crippen LogP contribution is 2.09. The Hall–Kier alpha value is -1.94. The third-order valence-electron chi connectivity index (χ3n) is 3.03. The van der Waals surface area contributed by atoms with Crippen molar-refractivity contribution in [2.24, 2.45) is 0 Å². The van der Waals surface area contributed by atoms with Crippen molar-refractivity contribution >= 4 is 5.82 Å². The molecule has 0 bridgehead atoms. The molecule has 19 heavy (non-hydrogen) atoms. The van der Waals surface area contributed by atoms with E-state index in [1.165, 1.54) is 5.56 Å². The molecule has 4 nitrogen and oxygen atoms in total. The van der Waals surface area contributed by atoms with Crippen LogP contribution in [0.4, 0.5) is 5.82 Å². The van der Waals surface area contributed by atoms with Crippen molar-refractivity contribution in [2.45, 2.75) is 13.0 Å². The maximum atomic E-state index is 4.25. The maximum Gasteiger partial charge on any atom is 0.150 e. The summed E-state index contributed by atoms with van der Waals surface area (Å²) in [7, 11) is 3.95. The fourth-order valence-electron chi connectivity index (χ4n) is 1.89. The van der Waals surface area contributed by atoms with Crippen LogP contribution in [0.15, 0.2) is 42.5 Å². The van der Waals surface area contributed by atoms with Crippen molar-refractivity contribution in [2.75, 3.05) is 25.5 Å². The van der Waals surface area contributed by atoms with Crippen molar-refractivity contribution < 1.29 is 0 Å². The second-order valence-electron chi connectivity index (χ2n) is 4.57. The number of nitrogens with one attached hydrogen (secondary N) is 1. The van der Waals surface area contributed by atoms with E-state index in [9.17, 15) is 0 Å². The Morgan fingerprint density at radius 1 is 1.05 bits per heavy atom. The van der Waals surface area contributed by atoms with Crippen molar-refractivity contribution in [3.05, 3.63) is 53.7 Å². The first-order valence-electron chi connectivity index (χ1n) is 6.52. The Balaban J connectivity index is 1.90. The highest BCUT2D eigenvalue weighted by molar-refractivity contribution is 5.36. The van der Waals surface area contributed by atoms with Crippen LogP contribution in [0, 0.1) is 0 Å². The molecule has 2 rings (SSSR count). The van der Waals surface area contributed by atoms with Crippen molar-refractivity contribution in [3.63, 3.8) is 0 Å². The third-order valence-corrected chi connectivity index (χ3v) is 3.03. The average molecular weight is 256 g/mol. The summed E-state index contributed by atoms with van der Waals surface area (Å²) in [5.41, 5.74) is 2.30. The molecule has 1 aromatic carbocycles. The Bertz CT molecular complexity index is 481. The van der Waals surface area contributed by atoms with Crippen LogP contribution < -0.4 is 10.2 Å². The summed E-state index contributed by atoms with van der Waals surface area (Å²) in [6.07, 6.45) is 1.01. The lowest BCUT2D eigenvalue weighted by atomic mass is 10.1. The zero-order valence-corrected chi connectivity index (χ0v) is 11.5. The van der Waals surface area contributed by atoms with Crippen LogP contribution >= 0.6 is 0 Å². The molecule has 0 fully saturated rings. The zero-order chi connectivity index (χ0) is 13.5. The van der Waals surface area contributed by atoms with Crippen LogP contribution in [-0.4, -0.2) is 30.8 Å². The number of benzene rings is 1. The van der Waals surface area contributed by atoms with Gasteiger partial charge in [-0.05, 0) is 31.2 Å². The minimum absolute atomic E-state index is 0.751. The molecular formula is C15H20N4. The first kappa shape index (κ1) is 13.5. The SMILES string of the molecule is CNCc1ccc(N(C)CCc2ccccc2)nn1. The Morgan fingerprint density at radius 3 is 2.47 bits per heavy atom. The molecule has 1 N–H and O–H groups in total. The lowest BCUT2D eigenvalue weighted by Gasteiger charge is -2.17. The molecule has 100 valence electrons. The molecule has 0 unspecified atom stereocenters. The summed E-state index contributed by atoms with van der Waals surface area (Å²) in [4.78, 5) is 2.13. The normalized spacial score (nSPS) is 10.4. The van der Waals surface area contributed by atoms with Crippen molar-refractivity contribution in [3.8, 4) is 0 Å². The van der Waals surface area contributed by atoms with Gasteiger partial charge in [0.25, 0.3) is 0 Å². The van der Waals surface area contributed by atoms with Crippen LogP contribution in [-0.2, 0) is 13.0 Å². The summed E-state index contributed by atoms with van der Waals surface area (Å²) < 4.78 is 0. The Morgan fingerprint density at radius 2 is 1.84 bits per heavy atom. The molecule has 0 atom stereocenters. The summed E-state index contributed by atoms with van der Waals surface area (Å²) in [5, 5.41) is 11.5. The van der Waals surface area contributed by atoms with Gasteiger partial charge in [-0.25, -0.2) is 0 Å². The van der Waals surface area contributed by atoms with Crippen molar-refractivity contribution in [1.29, 1.82) is 0 Å². The molecule has 0 spiro atoms. The van der Waals surface area contributed by atoms with Gasteiger partial charge in [0.1, 0.15) is 0 Å². The van der Waals surface area contributed by atoms with E-state index in [0.717, 1.165) is 31.0 Å². The molecule has 0 radical (unpaired) electrons.